The number of aliphatic imine (C=N–C) groups is 1. The van der Waals surface area contributed by atoms with Gasteiger partial charge >= 0.3 is 0 Å². The molecule has 3 nitrogen and oxygen atoms in total. The fourth-order valence-corrected chi connectivity index (χ4v) is 1.14. The van der Waals surface area contributed by atoms with Crippen LogP contribution in [0.4, 0.5) is 0 Å². The molecule has 0 saturated carbocycles. The first kappa shape index (κ1) is 8.91. The summed E-state index contributed by atoms with van der Waals surface area (Å²) in [4.78, 5) is 17.3. The van der Waals surface area contributed by atoms with Crippen LogP contribution in [0.15, 0.2) is 23.3 Å². The summed E-state index contributed by atoms with van der Waals surface area (Å²) >= 11 is 5.75. The molecule has 4 heteroatoms. The Balaban J connectivity index is 3.02. The standard InChI is InChI=1S/C8H7ClN2O/c1-6(11-5-12)7-3-2-4-10-8(7)9/h2-4,6H,1H3. The number of aromatic nitrogens is 1. The molecule has 1 heterocycles. The van der Waals surface area contributed by atoms with E-state index in [2.05, 4.69) is 9.98 Å². The highest BCUT2D eigenvalue weighted by Crippen LogP contribution is 2.21. The van der Waals surface area contributed by atoms with E-state index in [4.69, 9.17) is 11.6 Å². The summed E-state index contributed by atoms with van der Waals surface area (Å²) in [6.07, 6.45) is 3.07. The van der Waals surface area contributed by atoms with Crippen LogP contribution in [0.1, 0.15) is 18.5 Å². The average Bonchev–Trinajstić information content (AvgIpc) is 2.05. The van der Waals surface area contributed by atoms with Crippen molar-refractivity contribution >= 4 is 17.7 Å². The Morgan fingerprint density at radius 2 is 2.50 bits per heavy atom. The second-order valence-corrected chi connectivity index (χ2v) is 2.64. The largest absolute Gasteiger partial charge is 0.244 e. The maximum Gasteiger partial charge on any atom is 0.235 e. The zero-order valence-electron chi connectivity index (χ0n) is 6.49. The first-order valence-corrected chi connectivity index (χ1v) is 3.81. The fraction of sp³-hybridized carbons (Fsp3) is 0.250. The number of hydrogen-bond donors (Lipinski definition) is 0. The van der Waals surface area contributed by atoms with Crippen LogP contribution >= 0.6 is 11.6 Å². The monoisotopic (exact) mass is 182 g/mol. The first-order valence-electron chi connectivity index (χ1n) is 3.43. The summed E-state index contributed by atoms with van der Waals surface area (Å²) in [6, 6.07) is 3.25. The van der Waals surface area contributed by atoms with Crippen LogP contribution < -0.4 is 0 Å². The molecule has 1 unspecified atom stereocenters. The first-order chi connectivity index (χ1) is 5.75. The lowest BCUT2D eigenvalue weighted by Crippen LogP contribution is -1.91. The number of carbonyl (C=O) groups excluding carboxylic acids is 1. The fourth-order valence-electron chi connectivity index (χ4n) is 0.859. The third-order valence-electron chi connectivity index (χ3n) is 1.48. The Bertz CT molecular complexity index is 321. The molecule has 1 atom stereocenters. The minimum Gasteiger partial charge on any atom is -0.244 e. The topological polar surface area (TPSA) is 42.3 Å². The Morgan fingerprint density at radius 1 is 1.75 bits per heavy atom. The molecule has 62 valence electrons. The second-order valence-electron chi connectivity index (χ2n) is 2.28. The number of hydrogen-bond acceptors (Lipinski definition) is 3. The van der Waals surface area contributed by atoms with E-state index in [0.29, 0.717) is 5.15 Å². The summed E-state index contributed by atoms with van der Waals surface area (Å²) in [7, 11) is 0. The van der Waals surface area contributed by atoms with Gasteiger partial charge in [-0.05, 0) is 13.0 Å². The molecule has 1 aromatic rings. The Morgan fingerprint density at radius 3 is 3.08 bits per heavy atom. The molecule has 0 amide bonds. The maximum absolute atomic E-state index is 9.94. The highest BCUT2D eigenvalue weighted by atomic mass is 35.5. The van der Waals surface area contributed by atoms with Crippen molar-refractivity contribution in [3.05, 3.63) is 29.0 Å². The smallest absolute Gasteiger partial charge is 0.235 e. The van der Waals surface area contributed by atoms with Crippen molar-refractivity contribution in [1.29, 1.82) is 0 Å². The molecule has 1 aromatic heterocycles. The molecule has 0 radical (unpaired) electrons. The summed E-state index contributed by atoms with van der Waals surface area (Å²) in [5.74, 6) is 0. The van der Waals surface area contributed by atoms with E-state index in [1.807, 2.05) is 0 Å². The van der Waals surface area contributed by atoms with Crippen LogP contribution in [-0.2, 0) is 4.79 Å². The third-order valence-corrected chi connectivity index (χ3v) is 1.80. The van der Waals surface area contributed by atoms with Crippen molar-refractivity contribution < 1.29 is 4.79 Å². The van der Waals surface area contributed by atoms with Crippen molar-refractivity contribution in [2.24, 2.45) is 4.99 Å². The maximum atomic E-state index is 9.94. The Kier molecular flexibility index (Phi) is 2.97. The number of nitrogens with zero attached hydrogens (tertiary/aromatic N) is 2. The van der Waals surface area contributed by atoms with Crippen LogP contribution in [0.3, 0.4) is 0 Å². The van der Waals surface area contributed by atoms with Gasteiger partial charge in [0.15, 0.2) is 0 Å². The minimum absolute atomic E-state index is 0.274. The lowest BCUT2D eigenvalue weighted by molar-refractivity contribution is 0.559. The quantitative estimate of drug-likeness (QED) is 0.400. The van der Waals surface area contributed by atoms with E-state index in [9.17, 15) is 4.79 Å². The molecule has 0 aliphatic rings. The summed E-state index contributed by atoms with van der Waals surface area (Å²) < 4.78 is 0. The van der Waals surface area contributed by atoms with E-state index in [1.165, 1.54) is 6.08 Å². The summed E-state index contributed by atoms with van der Waals surface area (Å²) in [5.41, 5.74) is 0.738. The van der Waals surface area contributed by atoms with Crippen LogP contribution in [0, 0.1) is 0 Å². The molecule has 0 spiro atoms. The summed E-state index contributed by atoms with van der Waals surface area (Å²) in [6.45, 7) is 1.76. The van der Waals surface area contributed by atoms with E-state index in [-0.39, 0.29) is 6.04 Å². The SMILES string of the molecule is CC(N=C=O)c1cccnc1Cl. The van der Waals surface area contributed by atoms with Gasteiger partial charge in [-0.2, -0.15) is 4.99 Å². The van der Waals surface area contributed by atoms with Crippen molar-refractivity contribution in [1.82, 2.24) is 4.98 Å². The number of rotatable bonds is 2. The van der Waals surface area contributed by atoms with Gasteiger partial charge < -0.3 is 0 Å². The normalized spacial score (nSPS) is 11.8. The lowest BCUT2D eigenvalue weighted by atomic mass is 10.1. The Labute approximate surface area is 75.1 Å². The lowest BCUT2D eigenvalue weighted by Gasteiger charge is -2.04. The predicted molar refractivity (Wildman–Crippen MR) is 45.8 cm³/mol. The van der Waals surface area contributed by atoms with Crippen LogP contribution in [0.2, 0.25) is 5.15 Å². The molecule has 12 heavy (non-hydrogen) atoms. The van der Waals surface area contributed by atoms with E-state index in [1.54, 1.807) is 25.3 Å². The van der Waals surface area contributed by atoms with Gasteiger partial charge in [0, 0.05) is 11.8 Å². The molecule has 0 saturated heterocycles. The number of pyridine rings is 1. The van der Waals surface area contributed by atoms with Gasteiger partial charge in [-0.15, -0.1) is 0 Å². The highest BCUT2D eigenvalue weighted by molar-refractivity contribution is 6.30. The zero-order chi connectivity index (χ0) is 8.97. The van der Waals surface area contributed by atoms with Crippen molar-refractivity contribution in [3.8, 4) is 0 Å². The van der Waals surface area contributed by atoms with Crippen molar-refractivity contribution in [2.75, 3.05) is 0 Å². The van der Waals surface area contributed by atoms with Gasteiger partial charge in [0.2, 0.25) is 6.08 Å². The molecular weight excluding hydrogens is 176 g/mol. The average molecular weight is 183 g/mol. The second kappa shape index (κ2) is 4.00. The molecular formula is C8H7ClN2O. The molecule has 0 N–H and O–H groups in total. The van der Waals surface area contributed by atoms with Gasteiger partial charge in [0.05, 0.1) is 6.04 Å². The van der Waals surface area contributed by atoms with Gasteiger partial charge in [-0.25, -0.2) is 9.78 Å². The number of isocyanates is 1. The molecule has 0 aliphatic heterocycles. The van der Waals surface area contributed by atoms with Crippen LogP contribution in [-0.4, -0.2) is 11.1 Å². The van der Waals surface area contributed by atoms with Gasteiger partial charge in [-0.1, -0.05) is 17.7 Å². The summed E-state index contributed by atoms with van der Waals surface area (Å²) in [5, 5.41) is 0.379. The van der Waals surface area contributed by atoms with E-state index in [0.717, 1.165) is 5.56 Å². The van der Waals surface area contributed by atoms with Crippen molar-refractivity contribution in [2.45, 2.75) is 13.0 Å². The molecule has 0 fully saturated rings. The molecule has 1 rings (SSSR count). The van der Waals surface area contributed by atoms with Crippen molar-refractivity contribution in [3.63, 3.8) is 0 Å². The molecule has 0 aliphatic carbocycles. The minimum atomic E-state index is -0.274. The highest BCUT2D eigenvalue weighted by Gasteiger charge is 2.07. The molecule has 0 aromatic carbocycles. The van der Waals surface area contributed by atoms with E-state index >= 15 is 0 Å². The van der Waals surface area contributed by atoms with Crippen LogP contribution in [0.25, 0.3) is 0 Å². The van der Waals surface area contributed by atoms with E-state index < -0.39 is 0 Å². The third kappa shape index (κ3) is 1.91. The van der Waals surface area contributed by atoms with Gasteiger partial charge in [-0.3, -0.25) is 0 Å². The van der Waals surface area contributed by atoms with Gasteiger partial charge in [0.1, 0.15) is 5.15 Å². The predicted octanol–water partition coefficient (Wildman–Crippen LogP) is 2.13. The van der Waals surface area contributed by atoms with Gasteiger partial charge in [0.25, 0.3) is 0 Å². The number of halogens is 1. The zero-order valence-corrected chi connectivity index (χ0v) is 7.25. The molecule has 0 bridgehead atoms. The van der Waals surface area contributed by atoms with Crippen LogP contribution in [0.5, 0.6) is 0 Å². The Hall–Kier alpha value is -1.18.